The predicted octanol–water partition coefficient (Wildman–Crippen LogP) is 3.30. The Morgan fingerprint density at radius 3 is 2.48 bits per heavy atom. The van der Waals surface area contributed by atoms with E-state index in [1.807, 2.05) is 24.1 Å². The lowest BCUT2D eigenvalue weighted by Crippen LogP contribution is -2.30. The highest BCUT2D eigenvalue weighted by Gasteiger charge is 2.29. The van der Waals surface area contributed by atoms with Gasteiger partial charge in [-0.3, -0.25) is 4.79 Å². The van der Waals surface area contributed by atoms with Gasteiger partial charge in [0, 0.05) is 37.4 Å². The maximum absolute atomic E-state index is 12.0. The third-order valence-electron chi connectivity index (χ3n) is 4.46. The zero-order valence-electron chi connectivity index (χ0n) is 14.9. The van der Waals surface area contributed by atoms with Gasteiger partial charge in [0.2, 0.25) is 11.8 Å². The molecule has 1 saturated carbocycles. The number of rotatable bonds is 8. The van der Waals surface area contributed by atoms with E-state index in [0.29, 0.717) is 22.9 Å². The average molecular weight is 360 g/mol. The van der Waals surface area contributed by atoms with E-state index in [4.69, 9.17) is 4.42 Å². The van der Waals surface area contributed by atoms with Crippen molar-refractivity contribution >= 4 is 23.4 Å². The van der Waals surface area contributed by atoms with Gasteiger partial charge in [-0.15, -0.1) is 10.2 Å². The minimum Gasteiger partial charge on any atom is -0.411 e. The van der Waals surface area contributed by atoms with Crippen molar-refractivity contribution in [3.63, 3.8) is 0 Å². The van der Waals surface area contributed by atoms with E-state index < -0.39 is 0 Å². The summed E-state index contributed by atoms with van der Waals surface area (Å²) in [5.74, 6) is 0.919. The zero-order chi connectivity index (χ0) is 17.8. The van der Waals surface area contributed by atoms with E-state index in [0.717, 1.165) is 31.5 Å². The van der Waals surface area contributed by atoms with Crippen molar-refractivity contribution in [3.05, 3.63) is 24.3 Å². The van der Waals surface area contributed by atoms with Gasteiger partial charge < -0.3 is 14.2 Å². The summed E-state index contributed by atoms with van der Waals surface area (Å²) in [7, 11) is 1.86. The number of aromatic nitrogens is 2. The van der Waals surface area contributed by atoms with Crippen LogP contribution in [0.25, 0.3) is 11.5 Å². The summed E-state index contributed by atoms with van der Waals surface area (Å²) < 4.78 is 5.69. The Labute approximate surface area is 152 Å². The Morgan fingerprint density at radius 1 is 1.20 bits per heavy atom. The van der Waals surface area contributed by atoms with Crippen LogP contribution >= 0.6 is 11.8 Å². The summed E-state index contributed by atoms with van der Waals surface area (Å²) >= 11 is 1.29. The van der Waals surface area contributed by atoms with Gasteiger partial charge in [0.1, 0.15) is 0 Å². The van der Waals surface area contributed by atoms with Crippen molar-refractivity contribution in [1.29, 1.82) is 0 Å². The molecule has 0 radical (unpaired) electrons. The molecule has 0 spiro atoms. The number of anilines is 1. The van der Waals surface area contributed by atoms with Crippen molar-refractivity contribution in [2.75, 3.05) is 30.8 Å². The second-order valence-electron chi connectivity index (χ2n) is 6.12. The summed E-state index contributed by atoms with van der Waals surface area (Å²) in [6.07, 6.45) is 2.22. The summed E-state index contributed by atoms with van der Waals surface area (Å²) in [4.78, 5) is 16.1. The summed E-state index contributed by atoms with van der Waals surface area (Å²) in [5, 5.41) is 8.57. The minimum absolute atomic E-state index is 0.107. The first kappa shape index (κ1) is 17.8. The van der Waals surface area contributed by atoms with E-state index in [2.05, 4.69) is 41.1 Å². The van der Waals surface area contributed by atoms with Crippen molar-refractivity contribution in [2.24, 2.45) is 0 Å². The van der Waals surface area contributed by atoms with Crippen LogP contribution in [0.3, 0.4) is 0 Å². The van der Waals surface area contributed by atoms with Crippen LogP contribution in [0.5, 0.6) is 0 Å². The van der Waals surface area contributed by atoms with Gasteiger partial charge in [0.25, 0.3) is 5.22 Å². The van der Waals surface area contributed by atoms with Crippen molar-refractivity contribution < 1.29 is 9.21 Å². The monoisotopic (exact) mass is 360 g/mol. The van der Waals surface area contributed by atoms with E-state index in [1.54, 1.807) is 0 Å². The fourth-order valence-corrected chi connectivity index (χ4v) is 3.37. The largest absolute Gasteiger partial charge is 0.411 e. The summed E-state index contributed by atoms with van der Waals surface area (Å²) in [6, 6.07) is 8.53. The molecule has 1 aromatic heterocycles. The molecule has 0 aliphatic heterocycles. The highest BCUT2D eigenvalue weighted by molar-refractivity contribution is 7.99. The highest BCUT2D eigenvalue weighted by atomic mass is 32.2. The van der Waals surface area contributed by atoms with Crippen LogP contribution in [0, 0.1) is 0 Å². The van der Waals surface area contributed by atoms with Gasteiger partial charge in [0.05, 0.1) is 5.75 Å². The molecule has 0 atom stereocenters. The molecule has 0 bridgehead atoms. The molecule has 2 aromatic rings. The van der Waals surface area contributed by atoms with Crippen molar-refractivity contribution in [3.8, 4) is 11.5 Å². The summed E-state index contributed by atoms with van der Waals surface area (Å²) in [6.45, 7) is 6.22. The Kier molecular flexibility index (Phi) is 5.63. The molecule has 1 aromatic carbocycles. The molecule has 0 saturated heterocycles. The second kappa shape index (κ2) is 7.91. The van der Waals surface area contributed by atoms with Crippen LogP contribution in [0.1, 0.15) is 26.7 Å². The molecule has 1 heterocycles. The average Bonchev–Trinajstić information content (AvgIpc) is 3.39. The molecule has 1 fully saturated rings. The van der Waals surface area contributed by atoms with Gasteiger partial charge in [-0.1, -0.05) is 11.8 Å². The number of benzene rings is 1. The number of hydrogen-bond acceptors (Lipinski definition) is 6. The van der Waals surface area contributed by atoms with Crippen molar-refractivity contribution in [1.82, 2.24) is 15.1 Å². The fourth-order valence-electron chi connectivity index (χ4n) is 2.68. The lowest BCUT2D eigenvalue weighted by atomic mass is 10.2. The molecular formula is C18H24N4O2S. The third-order valence-corrected chi connectivity index (χ3v) is 5.26. The molecular weight excluding hydrogens is 336 g/mol. The molecule has 7 heteroatoms. The number of amides is 1. The molecule has 3 rings (SSSR count). The molecule has 1 amide bonds. The predicted molar refractivity (Wildman–Crippen MR) is 99.8 cm³/mol. The van der Waals surface area contributed by atoms with Gasteiger partial charge >= 0.3 is 0 Å². The zero-order valence-corrected chi connectivity index (χ0v) is 15.8. The number of carbonyl (C=O) groups is 1. The Hall–Kier alpha value is -2.02. The lowest BCUT2D eigenvalue weighted by Gasteiger charge is -2.20. The van der Waals surface area contributed by atoms with Gasteiger partial charge in [-0.05, 0) is 51.0 Å². The molecule has 0 unspecified atom stereocenters. The van der Waals surface area contributed by atoms with Crippen LogP contribution in [0.15, 0.2) is 33.9 Å². The van der Waals surface area contributed by atoms with Crippen LogP contribution in [0.2, 0.25) is 0 Å². The lowest BCUT2D eigenvalue weighted by molar-refractivity contribution is -0.127. The van der Waals surface area contributed by atoms with Crippen molar-refractivity contribution in [2.45, 2.75) is 38.0 Å². The van der Waals surface area contributed by atoms with E-state index in [-0.39, 0.29) is 5.91 Å². The first-order chi connectivity index (χ1) is 12.1. The topological polar surface area (TPSA) is 62.5 Å². The second-order valence-corrected chi connectivity index (χ2v) is 7.04. The van der Waals surface area contributed by atoms with Gasteiger partial charge in [0.15, 0.2) is 0 Å². The first-order valence-corrected chi connectivity index (χ1v) is 9.68. The number of nitrogens with zero attached hydrogens (tertiary/aromatic N) is 4. The minimum atomic E-state index is 0.107. The van der Waals surface area contributed by atoms with Crippen LogP contribution in [-0.2, 0) is 4.79 Å². The Balaban J connectivity index is 1.60. The summed E-state index contributed by atoms with van der Waals surface area (Å²) in [5.41, 5.74) is 2.06. The van der Waals surface area contributed by atoms with Crippen LogP contribution < -0.4 is 4.90 Å². The normalized spacial score (nSPS) is 13.7. The Bertz CT molecular complexity index is 708. The maximum Gasteiger partial charge on any atom is 0.277 e. The Morgan fingerprint density at radius 2 is 1.88 bits per heavy atom. The highest BCUT2D eigenvalue weighted by Crippen LogP contribution is 2.28. The number of carbonyl (C=O) groups excluding carboxylic acids is 1. The van der Waals surface area contributed by atoms with E-state index in [9.17, 15) is 4.79 Å². The van der Waals surface area contributed by atoms with Gasteiger partial charge in [-0.2, -0.15) is 0 Å². The smallest absolute Gasteiger partial charge is 0.277 e. The SMILES string of the molecule is CCN(CC)c1ccc(-c2nnc(SCC(=O)N(C)C3CC3)o2)cc1. The standard InChI is InChI=1S/C18H24N4O2S/c1-4-22(5-2)15-8-6-13(7-9-15)17-19-20-18(24-17)25-12-16(23)21(3)14-10-11-14/h6-9,14H,4-5,10-12H2,1-3H3. The number of thioether (sulfide) groups is 1. The molecule has 1 aliphatic rings. The molecule has 134 valence electrons. The van der Waals surface area contributed by atoms with Crippen LogP contribution in [0.4, 0.5) is 5.69 Å². The molecule has 6 nitrogen and oxygen atoms in total. The number of hydrogen-bond donors (Lipinski definition) is 0. The molecule has 25 heavy (non-hydrogen) atoms. The molecule has 1 aliphatic carbocycles. The molecule has 0 N–H and O–H groups in total. The van der Waals surface area contributed by atoms with Crippen LogP contribution in [-0.4, -0.2) is 52.9 Å². The third kappa shape index (κ3) is 4.34. The van der Waals surface area contributed by atoms with E-state index >= 15 is 0 Å². The fraction of sp³-hybridized carbons (Fsp3) is 0.500. The van der Waals surface area contributed by atoms with E-state index in [1.165, 1.54) is 17.4 Å². The quantitative estimate of drug-likeness (QED) is 0.673. The first-order valence-electron chi connectivity index (χ1n) is 8.69. The maximum atomic E-state index is 12.0. The van der Waals surface area contributed by atoms with Gasteiger partial charge in [-0.25, -0.2) is 0 Å².